The maximum absolute atomic E-state index is 4.45. The van der Waals surface area contributed by atoms with Crippen molar-refractivity contribution in [2.45, 2.75) is 46.5 Å². The monoisotopic (exact) mass is 511 g/mol. The summed E-state index contributed by atoms with van der Waals surface area (Å²) in [7, 11) is 2.20. The average Bonchev–Trinajstić information content (AvgIpc) is 3.12. The van der Waals surface area contributed by atoms with Crippen LogP contribution < -0.4 is 0 Å². The van der Waals surface area contributed by atoms with Crippen LogP contribution in [-0.4, -0.2) is 11.9 Å². The fourth-order valence-electron chi connectivity index (χ4n) is 6.62. The van der Waals surface area contributed by atoms with Gasteiger partial charge in [0.1, 0.15) is 0 Å². The minimum absolute atomic E-state index is 0.0267. The van der Waals surface area contributed by atoms with Gasteiger partial charge in [-0.15, -0.1) is 0 Å². The normalized spacial score (nSPS) is 21.6. The molecule has 5 rings (SSSR count). The van der Waals surface area contributed by atoms with Crippen molar-refractivity contribution in [3.05, 3.63) is 155 Å². The predicted molar refractivity (Wildman–Crippen MR) is 169 cm³/mol. The van der Waals surface area contributed by atoms with Crippen LogP contribution in [0, 0.1) is 18.3 Å². The van der Waals surface area contributed by atoms with E-state index in [0.29, 0.717) is 5.92 Å². The first-order valence-electron chi connectivity index (χ1n) is 14.1. The van der Waals surface area contributed by atoms with Crippen LogP contribution in [0.1, 0.15) is 45.2 Å². The Morgan fingerprint density at radius 2 is 1.74 bits per heavy atom. The zero-order valence-electron chi connectivity index (χ0n) is 24.3. The second-order valence-electron chi connectivity index (χ2n) is 12.0. The quantitative estimate of drug-likeness (QED) is 0.349. The Kier molecular flexibility index (Phi) is 7.12. The molecule has 1 fully saturated rings. The number of fused-ring (bicyclic) bond motifs is 3. The van der Waals surface area contributed by atoms with Crippen LogP contribution in [0.25, 0.3) is 10.8 Å². The van der Waals surface area contributed by atoms with E-state index in [9.17, 15) is 0 Å². The molecule has 2 aromatic rings. The van der Waals surface area contributed by atoms with Crippen LogP contribution in [0.4, 0.5) is 0 Å². The highest BCUT2D eigenvalue weighted by molar-refractivity contribution is 5.88. The zero-order chi connectivity index (χ0) is 27.8. The van der Waals surface area contributed by atoms with Crippen molar-refractivity contribution in [3.63, 3.8) is 0 Å². The number of benzene rings is 2. The van der Waals surface area contributed by atoms with Gasteiger partial charge in [0.15, 0.2) is 0 Å². The summed E-state index contributed by atoms with van der Waals surface area (Å²) in [5.41, 5.74) is 9.22. The van der Waals surface area contributed by atoms with Gasteiger partial charge >= 0.3 is 0 Å². The number of likely N-dealkylation sites (tertiary alicyclic amines) is 1. The van der Waals surface area contributed by atoms with E-state index in [0.717, 1.165) is 12.0 Å². The topological polar surface area (TPSA) is 3.24 Å². The Labute approximate surface area is 235 Å². The fourth-order valence-corrected chi connectivity index (χ4v) is 6.62. The molecule has 0 amide bonds. The molecule has 2 aromatic carbocycles. The van der Waals surface area contributed by atoms with Crippen LogP contribution in [0.5, 0.6) is 0 Å². The van der Waals surface area contributed by atoms with Crippen molar-refractivity contribution < 1.29 is 0 Å². The number of hydrogen-bond acceptors (Lipinski definition) is 1. The van der Waals surface area contributed by atoms with Crippen molar-refractivity contribution in [1.29, 1.82) is 0 Å². The summed E-state index contributed by atoms with van der Waals surface area (Å²) in [6.45, 7) is 15.9. The summed E-state index contributed by atoms with van der Waals surface area (Å²) in [4.78, 5) is 2.38. The van der Waals surface area contributed by atoms with E-state index in [-0.39, 0.29) is 10.8 Å². The van der Waals surface area contributed by atoms with E-state index in [2.05, 4.69) is 162 Å². The molecule has 1 aliphatic heterocycles. The number of nitrogens with zero attached hydrogens (tertiary/aromatic N) is 1. The molecule has 39 heavy (non-hydrogen) atoms. The molecule has 0 bridgehead atoms. The molecule has 0 saturated carbocycles. The lowest BCUT2D eigenvalue weighted by atomic mass is 9.73. The summed E-state index contributed by atoms with van der Waals surface area (Å²) in [6.07, 6.45) is 27.5. The lowest BCUT2D eigenvalue weighted by Crippen LogP contribution is -2.20. The number of allylic oxidation sites excluding steroid dienone is 16. The molecule has 0 aromatic heterocycles. The molecule has 1 heteroatoms. The van der Waals surface area contributed by atoms with Gasteiger partial charge in [0.25, 0.3) is 0 Å². The first-order chi connectivity index (χ1) is 18.6. The van der Waals surface area contributed by atoms with Crippen LogP contribution in [0.15, 0.2) is 144 Å². The third-order valence-electron chi connectivity index (χ3n) is 8.79. The average molecular weight is 512 g/mol. The number of rotatable bonds is 6. The Morgan fingerprint density at radius 1 is 1.00 bits per heavy atom. The summed E-state index contributed by atoms with van der Waals surface area (Å²) in [6, 6.07) is 13.1. The summed E-state index contributed by atoms with van der Waals surface area (Å²) in [5, 5.41) is 2.58. The molecule has 1 unspecified atom stereocenters. The summed E-state index contributed by atoms with van der Waals surface area (Å²) >= 11 is 0. The van der Waals surface area contributed by atoms with Crippen molar-refractivity contribution in [2.24, 2.45) is 11.3 Å². The number of hydrogen-bond donors (Lipinski definition) is 0. The zero-order valence-corrected chi connectivity index (χ0v) is 24.3. The van der Waals surface area contributed by atoms with Crippen molar-refractivity contribution in [2.75, 3.05) is 7.05 Å². The van der Waals surface area contributed by atoms with Gasteiger partial charge in [0.2, 0.25) is 0 Å². The molecule has 1 saturated heterocycles. The van der Waals surface area contributed by atoms with Crippen LogP contribution in [-0.2, 0) is 5.41 Å². The van der Waals surface area contributed by atoms with Gasteiger partial charge in [0, 0.05) is 35.2 Å². The minimum Gasteiger partial charge on any atom is -0.347 e. The molecule has 2 aliphatic carbocycles. The Balaban J connectivity index is 1.30. The minimum atomic E-state index is -0.169. The van der Waals surface area contributed by atoms with Crippen LogP contribution >= 0.6 is 0 Å². The molecule has 0 spiro atoms. The van der Waals surface area contributed by atoms with Crippen molar-refractivity contribution in [1.82, 2.24) is 4.90 Å². The van der Waals surface area contributed by atoms with Gasteiger partial charge in [-0.1, -0.05) is 138 Å². The van der Waals surface area contributed by atoms with Crippen LogP contribution in [0.2, 0.25) is 0 Å². The molecule has 198 valence electrons. The highest BCUT2D eigenvalue weighted by atomic mass is 15.2. The predicted octanol–water partition coefficient (Wildman–Crippen LogP) is 9.83. The third kappa shape index (κ3) is 4.76. The molecule has 0 radical (unpaired) electrons. The molecular formula is C38H41N. The van der Waals surface area contributed by atoms with E-state index in [1.54, 1.807) is 0 Å². The van der Waals surface area contributed by atoms with E-state index >= 15 is 0 Å². The molecule has 1 atom stereocenters. The first-order valence-corrected chi connectivity index (χ1v) is 14.1. The number of aryl methyl sites for hydroxylation is 1. The maximum Gasteiger partial charge on any atom is 0.0410 e. The Hall–Kier alpha value is -3.84. The standard InChI is InChI=1S/C38H41N/c1-27-23-24-29-18-13-15-20-31(29)35(27)37(3,4)28(2)17-11-9-8-10-12-22-34-38(5,6)36-32-21-16-14-19-30(32)25-26-33(36)39(34)7/h8-24,26,30H,2,25H2,1,3-7H3/b9-8+,12-10+,17-11+,34-22+. The van der Waals surface area contributed by atoms with Gasteiger partial charge in [-0.2, -0.15) is 0 Å². The summed E-state index contributed by atoms with van der Waals surface area (Å²) < 4.78 is 0. The third-order valence-corrected chi connectivity index (χ3v) is 8.79. The SMILES string of the molecule is C=C(/C=C/C=C/C=C/C=C1/N(C)C2=CCC3C=CC=CC3=C2C1(C)C)C(C)(C)c1c(C)ccc2ccccc12. The smallest absolute Gasteiger partial charge is 0.0410 e. The molecule has 0 N–H and O–H groups in total. The Morgan fingerprint density at radius 3 is 2.56 bits per heavy atom. The Bertz CT molecular complexity index is 1550. The highest BCUT2D eigenvalue weighted by Crippen LogP contribution is 2.54. The van der Waals surface area contributed by atoms with E-state index in [1.165, 1.54) is 44.4 Å². The lowest BCUT2D eigenvalue weighted by molar-refractivity contribution is 0.467. The molecule has 1 heterocycles. The molecule has 1 nitrogen and oxygen atoms in total. The van der Waals surface area contributed by atoms with Crippen molar-refractivity contribution >= 4 is 10.8 Å². The second-order valence-corrected chi connectivity index (χ2v) is 12.0. The second kappa shape index (κ2) is 10.4. The maximum atomic E-state index is 4.45. The van der Waals surface area contributed by atoms with Gasteiger partial charge in [-0.3, -0.25) is 0 Å². The highest BCUT2D eigenvalue weighted by Gasteiger charge is 2.44. The van der Waals surface area contributed by atoms with E-state index in [1.807, 2.05) is 0 Å². The largest absolute Gasteiger partial charge is 0.347 e. The lowest BCUT2D eigenvalue weighted by Gasteiger charge is -2.29. The van der Waals surface area contributed by atoms with Crippen molar-refractivity contribution in [3.8, 4) is 0 Å². The van der Waals surface area contributed by atoms with Gasteiger partial charge in [-0.05, 0) is 58.0 Å². The van der Waals surface area contributed by atoms with E-state index in [4.69, 9.17) is 0 Å². The van der Waals surface area contributed by atoms with Gasteiger partial charge in [-0.25, -0.2) is 0 Å². The fraction of sp³-hybridized carbons (Fsp3) is 0.263. The summed E-state index contributed by atoms with van der Waals surface area (Å²) in [5.74, 6) is 0.510. The number of likely N-dealkylation sites (N-methyl/N-ethyl adjacent to an activating group) is 1. The van der Waals surface area contributed by atoms with Gasteiger partial charge < -0.3 is 4.90 Å². The first kappa shape index (κ1) is 26.8. The molecule has 3 aliphatic rings. The molecular weight excluding hydrogens is 470 g/mol. The van der Waals surface area contributed by atoms with Gasteiger partial charge in [0.05, 0.1) is 0 Å². The van der Waals surface area contributed by atoms with Crippen LogP contribution in [0.3, 0.4) is 0 Å². The van der Waals surface area contributed by atoms with E-state index < -0.39 is 0 Å².